The Hall–Kier alpha value is -2.36. The summed E-state index contributed by atoms with van der Waals surface area (Å²) in [4.78, 5) is 12.0. The Balaban J connectivity index is 1.66. The van der Waals surface area contributed by atoms with E-state index in [-0.39, 0.29) is 24.2 Å². The van der Waals surface area contributed by atoms with E-state index in [2.05, 4.69) is 5.32 Å². The second kappa shape index (κ2) is 5.33. The van der Waals surface area contributed by atoms with Crippen LogP contribution in [0.25, 0.3) is 0 Å². The van der Waals surface area contributed by atoms with Crippen molar-refractivity contribution in [1.82, 2.24) is 5.32 Å². The Morgan fingerprint density at radius 3 is 2.95 bits per heavy atom. The number of benzene rings is 2. The van der Waals surface area contributed by atoms with E-state index in [1.54, 1.807) is 12.1 Å². The molecule has 2 aromatic carbocycles. The molecule has 0 aromatic heterocycles. The molecule has 20 heavy (non-hydrogen) atoms. The standard InChI is InChI=1S/C16H14FNO2/c17-12-5-3-4-11(8-12)9-16(19)18-14-10-20-15-7-2-1-6-13(14)15/h1-8,14H,9-10H2,(H,18,19). The SMILES string of the molecule is O=C(Cc1cccc(F)c1)NC1COc2ccccc21. The molecule has 0 saturated heterocycles. The number of halogens is 1. The first kappa shape index (κ1) is 12.7. The van der Waals surface area contributed by atoms with E-state index in [1.807, 2.05) is 24.3 Å². The van der Waals surface area contributed by atoms with Gasteiger partial charge in [-0.2, -0.15) is 0 Å². The summed E-state index contributed by atoms with van der Waals surface area (Å²) in [5, 5.41) is 2.92. The van der Waals surface area contributed by atoms with Gasteiger partial charge in [0.25, 0.3) is 0 Å². The number of amides is 1. The van der Waals surface area contributed by atoms with Gasteiger partial charge in [-0.05, 0) is 23.8 Å². The minimum absolute atomic E-state index is 0.132. The highest BCUT2D eigenvalue weighted by atomic mass is 19.1. The minimum Gasteiger partial charge on any atom is -0.491 e. The number of nitrogens with one attached hydrogen (secondary N) is 1. The molecule has 1 atom stereocenters. The van der Waals surface area contributed by atoms with Gasteiger partial charge in [0.15, 0.2) is 0 Å². The summed E-state index contributed by atoms with van der Waals surface area (Å²) < 4.78 is 18.6. The van der Waals surface area contributed by atoms with Crippen LogP contribution in [0, 0.1) is 5.82 Å². The molecule has 1 N–H and O–H groups in total. The normalized spacial score (nSPS) is 16.4. The predicted octanol–water partition coefficient (Wildman–Crippen LogP) is 2.62. The van der Waals surface area contributed by atoms with Gasteiger partial charge in [0, 0.05) is 5.56 Å². The van der Waals surface area contributed by atoms with Crippen molar-refractivity contribution in [2.75, 3.05) is 6.61 Å². The van der Waals surface area contributed by atoms with E-state index in [0.29, 0.717) is 12.2 Å². The van der Waals surface area contributed by atoms with E-state index in [0.717, 1.165) is 11.3 Å². The van der Waals surface area contributed by atoms with Crippen molar-refractivity contribution in [3.8, 4) is 5.75 Å². The van der Waals surface area contributed by atoms with Gasteiger partial charge < -0.3 is 10.1 Å². The molecular weight excluding hydrogens is 257 g/mol. The highest BCUT2D eigenvalue weighted by Crippen LogP contribution is 2.31. The number of rotatable bonds is 3. The van der Waals surface area contributed by atoms with Crippen LogP contribution in [0.4, 0.5) is 4.39 Å². The third kappa shape index (κ3) is 2.64. The summed E-state index contributed by atoms with van der Waals surface area (Å²) in [6.07, 6.45) is 0.163. The summed E-state index contributed by atoms with van der Waals surface area (Å²) in [7, 11) is 0. The van der Waals surface area contributed by atoms with Crippen LogP contribution in [0.5, 0.6) is 5.75 Å². The lowest BCUT2D eigenvalue weighted by atomic mass is 10.1. The molecular formula is C16H14FNO2. The van der Waals surface area contributed by atoms with Gasteiger partial charge in [0.05, 0.1) is 12.5 Å². The number of carbonyl (C=O) groups excluding carboxylic acids is 1. The molecule has 1 amide bonds. The van der Waals surface area contributed by atoms with Crippen LogP contribution in [-0.2, 0) is 11.2 Å². The highest BCUT2D eigenvalue weighted by Gasteiger charge is 2.24. The number of fused-ring (bicyclic) bond motifs is 1. The van der Waals surface area contributed by atoms with Crippen LogP contribution < -0.4 is 10.1 Å². The number of carbonyl (C=O) groups is 1. The van der Waals surface area contributed by atoms with Gasteiger partial charge in [-0.1, -0.05) is 30.3 Å². The average molecular weight is 271 g/mol. The number of para-hydroxylation sites is 1. The smallest absolute Gasteiger partial charge is 0.225 e. The molecule has 0 bridgehead atoms. The third-order valence-electron chi connectivity index (χ3n) is 3.29. The first-order chi connectivity index (χ1) is 9.72. The fourth-order valence-corrected chi connectivity index (χ4v) is 2.36. The van der Waals surface area contributed by atoms with Crippen molar-refractivity contribution in [2.45, 2.75) is 12.5 Å². The van der Waals surface area contributed by atoms with E-state index >= 15 is 0 Å². The maximum atomic E-state index is 13.1. The summed E-state index contributed by atoms with van der Waals surface area (Å²) in [6.45, 7) is 0.439. The minimum atomic E-state index is -0.329. The first-order valence-corrected chi connectivity index (χ1v) is 6.48. The van der Waals surface area contributed by atoms with Crippen molar-refractivity contribution in [1.29, 1.82) is 0 Å². The van der Waals surface area contributed by atoms with E-state index in [4.69, 9.17) is 4.74 Å². The van der Waals surface area contributed by atoms with Crippen LogP contribution in [0.2, 0.25) is 0 Å². The number of ether oxygens (including phenoxy) is 1. The average Bonchev–Trinajstić information content (AvgIpc) is 2.82. The predicted molar refractivity (Wildman–Crippen MR) is 72.9 cm³/mol. The maximum absolute atomic E-state index is 13.1. The second-order valence-electron chi connectivity index (χ2n) is 4.78. The van der Waals surface area contributed by atoms with Crippen LogP contribution >= 0.6 is 0 Å². The van der Waals surface area contributed by atoms with Crippen molar-refractivity contribution < 1.29 is 13.9 Å². The Bertz CT molecular complexity index is 642. The molecule has 0 saturated carbocycles. The molecule has 1 heterocycles. The molecule has 4 heteroatoms. The molecule has 102 valence electrons. The number of hydrogen-bond acceptors (Lipinski definition) is 2. The van der Waals surface area contributed by atoms with Crippen molar-refractivity contribution >= 4 is 5.91 Å². The van der Waals surface area contributed by atoms with Gasteiger partial charge in [-0.25, -0.2) is 4.39 Å². The Labute approximate surface area is 116 Å². The van der Waals surface area contributed by atoms with Crippen molar-refractivity contribution in [3.63, 3.8) is 0 Å². The van der Waals surface area contributed by atoms with Crippen molar-refractivity contribution in [3.05, 3.63) is 65.5 Å². The molecule has 0 spiro atoms. The maximum Gasteiger partial charge on any atom is 0.225 e. The molecule has 0 fully saturated rings. The Kier molecular flexibility index (Phi) is 3.37. The lowest BCUT2D eigenvalue weighted by molar-refractivity contribution is -0.121. The molecule has 1 aliphatic heterocycles. The molecule has 1 unspecified atom stereocenters. The zero-order valence-corrected chi connectivity index (χ0v) is 10.8. The molecule has 3 rings (SSSR count). The number of hydrogen-bond donors (Lipinski definition) is 1. The molecule has 3 nitrogen and oxygen atoms in total. The Morgan fingerprint density at radius 2 is 2.10 bits per heavy atom. The molecule has 2 aromatic rings. The lowest BCUT2D eigenvalue weighted by Crippen LogP contribution is -2.30. The summed E-state index contributed by atoms with van der Waals surface area (Å²) in [5.41, 5.74) is 1.65. The first-order valence-electron chi connectivity index (χ1n) is 6.48. The van der Waals surface area contributed by atoms with E-state index in [9.17, 15) is 9.18 Å². The van der Waals surface area contributed by atoms with Crippen LogP contribution in [0.3, 0.4) is 0 Å². The fraction of sp³-hybridized carbons (Fsp3) is 0.188. The second-order valence-corrected chi connectivity index (χ2v) is 4.78. The topological polar surface area (TPSA) is 38.3 Å². The van der Waals surface area contributed by atoms with Crippen LogP contribution in [0.1, 0.15) is 17.2 Å². The van der Waals surface area contributed by atoms with E-state index < -0.39 is 0 Å². The van der Waals surface area contributed by atoms with Gasteiger partial charge in [0.2, 0.25) is 5.91 Å². The van der Waals surface area contributed by atoms with Crippen LogP contribution in [-0.4, -0.2) is 12.5 Å². The highest BCUT2D eigenvalue weighted by molar-refractivity contribution is 5.79. The Morgan fingerprint density at radius 1 is 1.25 bits per heavy atom. The van der Waals surface area contributed by atoms with Crippen molar-refractivity contribution in [2.24, 2.45) is 0 Å². The molecule has 0 aliphatic carbocycles. The summed E-state index contributed by atoms with van der Waals surface area (Å²) in [6, 6.07) is 13.6. The summed E-state index contributed by atoms with van der Waals surface area (Å²) >= 11 is 0. The van der Waals surface area contributed by atoms with Gasteiger partial charge in [-0.3, -0.25) is 4.79 Å². The fourth-order valence-electron chi connectivity index (χ4n) is 2.36. The van der Waals surface area contributed by atoms with Gasteiger partial charge >= 0.3 is 0 Å². The van der Waals surface area contributed by atoms with E-state index in [1.165, 1.54) is 12.1 Å². The summed E-state index contributed by atoms with van der Waals surface area (Å²) in [5.74, 6) is 0.342. The molecule has 0 radical (unpaired) electrons. The third-order valence-corrected chi connectivity index (χ3v) is 3.29. The van der Waals surface area contributed by atoms with Crippen LogP contribution in [0.15, 0.2) is 48.5 Å². The van der Waals surface area contributed by atoms with Gasteiger partial charge in [0.1, 0.15) is 18.2 Å². The molecule has 1 aliphatic rings. The largest absolute Gasteiger partial charge is 0.491 e. The van der Waals surface area contributed by atoms with Gasteiger partial charge in [-0.15, -0.1) is 0 Å². The monoisotopic (exact) mass is 271 g/mol. The quantitative estimate of drug-likeness (QED) is 0.932. The lowest BCUT2D eigenvalue weighted by Gasteiger charge is -2.11. The zero-order chi connectivity index (χ0) is 13.9. The zero-order valence-electron chi connectivity index (χ0n) is 10.8.